The zero-order valence-corrected chi connectivity index (χ0v) is 21.8. The van der Waals surface area contributed by atoms with Gasteiger partial charge in [-0.1, -0.05) is 0 Å². The van der Waals surface area contributed by atoms with E-state index < -0.39 is 30.6 Å². The number of nitrogens with zero attached hydrogens (tertiary/aromatic N) is 5. The predicted octanol–water partition coefficient (Wildman–Crippen LogP) is 3.02. The van der Waals surface area contributed by atoms with Gasteiger partial charge in [-0.05, 0) is 45.4 Å². The van der Waals surface area contributed by atoms with Crippen molar-refractivity contribution in [3.05, 3.63) is 52.6 Å². The Labute approximate surface area is 213 Å². The van der Waals surface area contributed by atoms with Gasteiger partial charge in [0, 0.05) is 12.1 Å². The second kappa shape index (κ2) is 12.2. The number of aromatic nitrogens is 4. The van der Waals surface area contributed by atoms with Gasteiger partial charge in [-0.25, -0.2) is 20.0 Å². The summed E-state index contributed by atoms with van der Waals surface area (Å²) in [4.78, 5) is 35.0. The van der Waals surface area contributed by atoms with E-state index in [-0.39, 0.29) is 30.6 Å². The molecule has 0 spiro atoms. The van der Waals surface area contributed by atoms with E-state index in [0.29, 0.717) is 23.3 Å². The lowest BCUT2D eigenvalue weighted by Crippen LogP contribution is -2.36. The summed E-state index contributed by atoms with van der Waals surface area (Å²) >= 11 is 0. The predicted molar refractivity (Wildman–Crippen MR) is 134 cm³/mol. The molecule has 0 aliphatic carbocycles. The first-order valence-electron chi connectivity index (χ1n) is 11.5. The molecule has 0 radical (unpaired) electrons. The van der Waals surface area contributed by atoms with Crippen molar-refractivity contribution < 1.29 is 28.3 Å². The molecule has 2 heterocycles. The van der Waals surface area contributed by atoms with Gasteiger partial charge >= 0.3 is 5.97 Å². The van der Waals surface area contributed by atoms with Gasteiger partial charge in [0.15, 0.2) is 11.5 Å². The van der Waals surface area contributed by atoms with Crippen molar-refractivity contribution in [3.63, 3.8) is 0 Å². The van der Waals surface area contributed by atoms with Crippen LogP contribution in [0.25, 0.3) is 11.2 Å². The molecule has 0 aliphatic heterocycles. The number of nitrogens with two attached hydrogens (primary N) is 1. The van der Waals surface area contributed by atoms with Crippen molar-refractivity contribution in [2.45, 2.75) is 59.1 Å². The van der Waals surface area contributed by atoms with Crippen LogP contribution >= 0.6 is 7.52 Å². The summed E-state index contributed by atoms with van der Waals surface area (Å²) in [6.45, 7) is 6.89. The Balaban J connectivity index is 1.69. The van der Waals surface area contributed by atoms with Gasteiger partial charge in [0.25, 0.3) is 13.2 Å². The smallest absolute Gasteiger partial charge is 0.323 e. The number of benzene rings is 1. The highest BCUT2D eigenvalue weighted by molar-refractivity contribution is 7.56. The molecule has 200 valence electrons. The van der Waals surface area contributed by atoms with Gasteiger partial charge in [0.2, 0.25) is 0 Å². The van der Waals surface area contributed by atoms with Gasteiger partial charge in [0.1, 0.15) is 24.2 Å². The molecule has 0 bridgehead atoms. The first kappa shape index (κ1) is 28.1. The summed E-state index contributed by atoms with van der Waals surface area (Å²) in [5.74, 6) is -0.336. The molecule has 0 saturated carbocycles. The Bertz CT molecular complexity index is 1280. The first-order valence-corrected chi connectivity index (χ1v) is 13.3. The van der Waals surface area contributed by atoms with E-state index in [0.717, 1.165) is 0 Å². The third-order valence-corrected chi connectivity index (χ3v) is 6.91. The number of carbonyl (C=O) groups excluding carboxylic acids is 1. The molecular weight excluding hydrogens is 505 g/mol. The quantitative estimate of drug-likeness (QED) is 0.141. The molecule has 15 heteroatoms. The van der Waals surface area contributed by atoms with Crippen molar-refractivity contribution in [3.8, 4) is 0 Å². The van der Waals surface area contributed by atoms with Crippen LogP contribution in [-0.4, -0.2) is 55.0 Å². The number of hydrogen-bond acceptors (Lipinski definition) is 11. The van der Waals surface area contributed by atoms with Crippen LogP contribution in [0.15, 0.2) is 36.9 Å². The number of carbonyl (C=O) groups is 1. The summed E-state index contributed by atoms with van der Waals surface area (Å²) in [6.07, 6.45) is 1.73. The molecule has 2 aromatic heterocycles. The van der Waals surface area contributed by atoms with Crippen molar-refractivity contribution >= 4 is 36.2 Å². The zero-order valence-electron chi connectivity index (χ0n) is 20.9. The second-order valence-electron chi connectivity index (χ2n) is 8.64. The molecule has 3 aromatic rings. The van der Waals surface area contributed by atoms with Crippen molar-refractivity contribution in [2.24, 2.45) is 0 Å². The van der Waals surface area contributed by atoms with Gasteiger partial charge < -0.3 is 24.3 Å². The van der Waals surface area contributed by atoms with E-state index in [9.17, 15) is 19.5 Å². The first-order chi connectivity index (χ1) is 17.5. The molecule has 14 nitrogen and oxygen atoms in total. The molecule has 0 amide bonds. The lowest BCUT2D eigenvalue weighted by molar-refractivity contribution is -0.384. The topological polar surface area (TPSA) is 187 Å². The molecule has 3 rings (SSSR count). The third-order valence-electron chi connectivity index (χ3n) is 5.10. The molecule has 1 aromatic carbocycles. The van der Waals surface area contributed by atoms with E-state index in [1.54, 1.807) is 31.7 Å². The number of nitro benzene ring substituents is 1. The second-order valence-corrected chi connectivity index (χ2v) is 10.8. The Morgan fingerprint density at radius 2 is 1.89 bits per heavy atom. The van der Waals surface area contributed by atoms with Crippen molar-refractivity contribution in [1.29, 1.82) is 0 Å². The lowest BCUT2D eigenvalue weighted by atomic mass is 10.2. The van der Waals surface area contributed by atoms with Gasteiger partial charge in [-0.15, -0.1) is 0 Å². The van der Waals surface area contributed by atoms with Crippen LogP contribution in [0.5, 0.6) is 0 Å². The van der Waals surface area contributed by atoms with Crippen LogP contribution in [0.1, 0.15) is 33.3 Å². The number of nitrogens with one attached hydrogen (secondary N) is 1. The highest BCUT2D eigenvalue weighted by atomic mass is 31.2. The van der Waals surface area contributed by atoms with Crippen molar-refractivity contribution in [1.82, 2.24) is 24.6 Å². The molecule has 0 aliphatic rings. The Hall–Kier alpha value is -3.45. The maximum absolute atomic E-state index is 13.7. The highest BCUT2D eigenvalue weighted by Crippen LogP contribution is 2.44. The number of non-ortho nitro benzene ring substituents is 1. The minimum Gasteiger partial charge on any atom is -0.462 e. The van der Waals surface area contributed by atoms with Gasteiger partial charge in [-0.3, -0.25) is 19.5 Å². The number of anilines is 1. The van der Waals surface area contributed by atoms with Crippen LogP contribution in [0.2, 0.25) is 0 Å². The minimum atomic E-state index is -3.75. The number of rotatable bonds is 13. The standard InChI is InChI=1S/C22H30N7O7P/c1-14(2)36-22(30)16(4)27-37(33,35-10-17-5-7-18(8-6-17)29(31)32)13-34-15(3)9-28-12-26-19-20(23)24-11-25-21(19)28/h5-8,11-12,14-16H,9-10,13H2,1-4H3,(H,27,33)(H2,23,24,25)/t15-,16+,37?/m1/s1. The molecule has 1 unspecified atom stereocenters. The molecule has 0 fully saturated rings. The lowest BCUT2D eigenvalue weighted by Gasteiger charge is -2.25. The molecule has 0 saturated heterocycles. The highest BCUT2D eigenvalue weighted by Gasteiger charge is 2.31. The molecule has 37 heavy (non-hydrogen) atoms. The van der Waals surface area contributed by atoms with Crippen LogP contribution in [0.3, 0.4) is 0 Å². The van der Waals surface area contributed by atoms with Crippen molar-refractivity contribution in [2.75, 3.05) is 12.1 Å². The van der Waals surface area contributed by atoms with E-state index in [1.165, 1.54) is 37.5 Å². The summed E-state index contributed by atoms with van der Waals surface area (Å²) < 4.78 is 32.2. The fraction of sp³-hybridized carbons (Fsp3) is 0.455. The van der Waals surface area contributed by atoms with E-state index in [1.807, 2.05) is 0 Å². The SMILES string of the molecule is CC(C)OC(=O)[C@H](C)NP(=O)(CO[C@H](C)Cn1cnc2c(N)ncnc21)OCc1ccc([N+](=O)[O-])cc1. The maximum atomic E-state index is 13.7. The Morgan fingerprint density at radius 3 is 2.54 bits per heavy atom. The number of imidazole rings is 1. The third kappa shape index (κ3) is 7.76. The maximum Gasteiger partial charge on any atom is 0.323 e. The average Bonchev–Trinajstić information content (AvgIpc) is 3.25. The average molecular weight is 535 g/mol. The van der Waals surface area contributed by atoms with Crippen LogP contribution in [0, 0.1) is 10.1 Å². The molecule has 3 N–H and O–H groups in total. The number of fused-ring (bicyclic) bond motifs is 1. The summed E-state index contributed by atoms with van der Waals surface area (Å²) in [5.41, 5.74) is 7.30. The molecular formula is C22H30N7O7P. The molecule has 3 atom stereocenters. The number of hydrogen-bond donors (Lipinski definition) is 2. The van der Waals surface area contributed by atoms with Crippen LogP contribution < -0.4 is 10.8 Å². The Morgan fingerprint density at radius 1 is 1.19 bits per heavy atom. The monoisotopic (exact) mass is 535 g/mol. The number of esters is 1. The zero-order chi connectivity index (χ0) is 27.2. The fourth-order valence-electron chi connectivity index (χ4n) is 3.27. The number of nitrogen functional groups attached to an aromatic ring is 1. The van der Waals surface area contributed by atoms with Gasteiger partial charge in [0.05, 0.1) is 36.6 Å². The van der Waals surface area contributed by atoms with E-state index >= 15 is 0 Å². The van der Waals surface area contributed by atoms with Gasteiger partial charge in [-0.2, -0.15) is 0 Å². The number of ether oxygens (including phenoxy) is 2. The normalized spacial score (nSPS) is 14.8. The van der Waals surface area contributed by atoms with Crippen LogP contribution in [0.4, 0.5) is 11.5 Å². The fourth-order valence-corrected chi connectivity index (χ4v) is 5.00. The largest absolute Gasteiger partial charge is 0.462 e. The summed E-state index contributed by atoms with van der Waals surface area (Å²) in [5, 5.41) is 13.6. The van der Waals surface area contributed by atoms with E-state index in [2.05, 4.69) is 20.0 Å². The Kier molecular flexibility index (Phi) is 9.27. The van der Waals surface area contributed by atoms with E-state index in [4.69, 9.17) is 19.7 Å². The summed E-state index contributed by atoms with van der Waals surface area (Å²) in [7, 11) is -3.75. The summed E-state index contributed by atoms with van der Waals surface area (Å²) in [6, 6.07) is 4.70. The number of nitro groups is 1. The van der Waals surface area contributed by atoms with Crippen LogP contribution in [-0.2, 0) is 36.5 Å². The minimum absolute atomic E-state index is 0.0775.